The molecule has 0 saturated carbocycles. The van der Waals surface area contributed by atoms with Gasteiger partial charge in [-0.2, -0.15) is 0 Å². The molecule has 0 fully saturated rings. The Balaban J connectivity index is 0. The van der Waals surface area contributed by atoms with Gasteiger partial charge in [-0.25, -0.2) is 4.39 Å². The molecule has 0 spiro atoms. The van der Waals surface area contributed by atoms with Gasteiger partial charge < -0.3 is 5.32 Å². The summed E-state index contributed by atoms with van der Waals surface area (Å²) >= 11 is 0. The van der Waals surface area contributed by atoms with Gasteiger partial charge in [-0.05, 0) is 18.2 Å². The van der Waals surface area contributed by atoms with Gasteiger partial charge in [-0.1, -0.05) is 33.8 Å². The summed E-state index contributed by atoms with van der Waals surface area (Å²) in [6.45, 7) is 8.00. The van der Waals surface area contributed by atoms with Crippen LogP contribution in [0.3, 0.4) is 0 Å². The summed E-state index contributed by atoms with van der Waals surface area (Å²) in [5, 5.41) is 2.83. The molecule has 1 nitrogen and oxygen atoms in total. The first-order chi connectivity index (χ1) is 6.33. The fourth-order valence-corrected chi connectivity index (χ4v) is 0.644. The molecule has 0 heterocycles. The van der Waals surface area contributed by atoms with Gasteiger partial charge in [0.05, 0.1) is 0 Å². The number of nitrogens with one attached hydrogen (secondary N) is 1. The Labute approximate surface area is 81.0 Å². The molecule has 1 aromatic rings. The van der Waals surface area contributed by atoms with Crippen LogP contribution in [0.25, 0.3) is 0 Å². The van der Waals surface area contributed by atoms with Crippen molar-refractivity contribution in [3.05, 3.63) is 30.1 Å². The highest BCUT2D eigenvalue weighted by atomic mass is 19.1. The SMILES string of the molecule is CC.CC.CNc1cccc(F)c1. The minimum Gasteiger partial charge on any atom is -0.388 e. The van der Waals surface area contributed by atoms with E-state index < -0.39 is 0 Å². The van der Waals surface area contributed by atoms with Gasteiger partial charge in [0.1, 0.15) is 5.82 Å². The topological polar surface area (TPSA) is 12.0 Å². The van der Waals surface area contributed by atoms with Crippen LogP contribution in [-0.4, -0.2) is 7.05 Å². The molecule has 0 bridgehead atoms. The van der Waals surface area contributed by atoms with Crippen molar-refractivity contribution in [1.82, 2.24) is 0 Å². The van der Waals surface area contributed by atoms with Crippen LogP contribution in [0.1, 0.15) is 27.7 Å². The summed E-state index contributed by atoms with van der Waals surface area (Å²) in [4.78, 5) is 0. The van der Waals surface area contributed by atoms with Gasteiger partial charge in [0.15, 0.2) is 0 Å². The van der Waals surface area contributed by atoms with E-state index >= 15 is 0 Å². The van der Waals surface area contributed by atoms with E-state index in [0.29, 0.717) is 0 Å². The average molecular weight is 185 g/mol. The van der Waals surface area contributed by atoms with E-state index in [4.69, 9.17) is 0 Å². The molecule has 0 aliphatic carbocycles. The summed E-state index contributed by atoms with van der Waals surface area (Å²) in [5.74, 6) is -0.207. The first-order valence-electron chi connectivity index (χ1n) is 4.76. The molecular weight excluding hydrogens is 165 g/mol. The van der Waals surface area contributed by atoms with Crippen molar-refractivity contribution in [3.8, 4) is 0 Å². The highest BCUT2D eigenvalue weighted by Gasteiger charge is 1.88. The van der Waals surface area contributed by atoms with E-state index in [1.54, 1.807) is 13.1 Å². The average Bonchev–Trinajstić information content (AvgIpc) is 2.24. The Morgan fingerprint density at radius 1 is 1.08 bits per heavy atom. The first-order valence-corrected chi connectivity index (χ1v) is 4.76. The Morgan fingerprint density at radius 3 is 1.92 bits per heavy atom. The molecule has 1 aromatic carbocycles. The minimum absolute atomic E-state index is 0.207. The summed E-state index contributed by atoms with van der Waals surface area (Å²) in [6, 6.07) is 6.34. The lowest BCUT2D eigenvalue weighted by Gasteiger charge is -1.96. The number of rotatable bonds is 1. The fraction of sp³-hybridized carbons (Fsp3) is 0.455. The highest BCUT2D eigenvalue weighted by molar-refractivity contribution is 5.41. The van der Waals surface area contributed by atoms with Gasteiger partial charge in [-0.15, -0.1) is 0 Å². The predicted molar refractivity (Wildman–Crippen MR) is 58.6 cm³/mol. The monoisotopic (exact) mass is 185 g/mol. The van der Waals surface area contributed by atoms with Crippen molar-refractivity contribution in [1.29, 1.82) is 0 Å². The molecule has 1 rings (SSSR count). The van der Waals surface area contributed by atoms with E-state index in [0.717, 1.165) is 5.69 Å². The molecule has 0 aliphatic rings. The second-order valence-electron chi connectivity index (χ2n) is 1.76. The molecule has 0 amide bonds. The van der Waals surface area contributed by atoms with Crippen molar-refractivity contribution in [2.75, 3.05) is 12.4 Å². The second kappa shape index (κ2) is 11.0. The Hall–Kier alpha value is -1.05. The molecule has 0 unspecified atom stereocenters. The van der Waals surface area contributed by atoms with Crippen LogP contribution < -0.4 is 5.32 Å². The maximum absolute atomic E-state index is 12.3. The van der Waals surface area contributed by atoms with Crippen molar-refractivity contribution < 1.29 is 4.39 Å². The third-order valence-electron chi connectivity index (χ3n) is 1.11. The van der Waals surface area contributed by atoms with Crippen LogP contribution in [0.5, 0.6) is 0 Å². The smallest absolute Gasteiger partial charge is 0.125 e. The standard InChI is InChI=1S/C7H8FN.2C2H6/c1-9-7-4-2-3-6(8)5-7;2*1-2/h2-5,9H,1H3;2*1-2H3. The zero-order valence-electron chi connectivity index (χ0n) is 9.19. The fourth-order valence-electron chi connectivity index (χ4n) is 0.644. The largest absolute Gasteiger partial charge is 0.388 e. The van der Waals surface area contributed by atoms with Crippen LogP contribution in [-0.2, 0) is 0 Å². The molecule has 0 aliphatic heterocycles. The molecule has 0 radical (unpaired) electrons. The molecule has 13 heavy (non-hydrogen) atoms. The summed E-state index contributed by atoms with van der Waals surface area (Å²) in [7, 11) is 1.76. The maximum atomic E-state index is 12.3. The molecule has 76 valence electrons. The van der Waals surface area contributed by atoms with Crippen LogP contribution in [0.2, 0.25) is 0 Å². The van der Waals surface area contributed by atoms with Gasteiger partial charge in [0, 0.05) is 12.7 Å². The number of hydrogen-bond donors (Lipinski definition) is 1. The summed E-state index contributed by atoms with van der Waals surface area (Å²) in [6.07, 6.45) is 0. The zero-order valence-corrected chi connectivity index (χ0v) is 9.19. The number of benzene rings is 1. The van der Waals surface area contributed by atoms with Gasteiger partial charge in [-0.3, -0.25) is 0 Å². The van der Waals surface area contributed by atoms with Gasteiger partial charge in [0.2, 0.25) is 0 Å². The second-order valence-corrected chi connectivity index (χ2v) is 1.76. The third kappa shape index (κ3) is 7.32. The normalized spacial score (nSPS) is 7.23. The summed E-state index contributed by atoms with van der Waals surface area (Å²) < 4.78 is 12.3. The number of anilines is 1. The van der Waals surface area contributed by atoms with E-state index in [2.05, 4.69) is 5.32 Å². The van der Waals surface area contributed by atoms with Crippen molar-refractivity contribution >= 4 is 5.69 Å². The predicted octanol–water partition coefficient (Wildman–Crippen LogP) is 3.92. The van der Waals surface area contributed by atoms with E-state index in [-0.39, 0.29) is 5.82 Å². The van der Waals surface area contributed by atoms with Crippen molar-refractivity contribution in [2.24, 2.45) is 0 Å². The van der Waals surface area contributed by atoms with Crippen molar-refractivity contribution in [2.45, 2.75) is 27.7 Å². The zero-order chi connectivity index (χ0) is 10.7. The van der Waals surface area contributed by atoms with Crippen LogP contribution in [0, 0.1) is 5.82 Å². The molecule has 2 heteroatoms. The van der Waals surface area contributed by atoms with E-state index in [9.17, 15) is 4.39 Å². The maximum Gasteiger partial charge on any atom is 0.125 e. The minimum atomic E-state index is -0.207. The lowest BCUT2D eigenvalue weighted by molar-refractivity contribution is 0.628. The third-order valence-corrected chi connectivity index (χ3v) is 1.11. The van der Waals surface area contributed by atoms with Crippen LogP contribution in [0.15, 0.2) is 24.3 Å². The number of hydrogen-bond acceptors (Lipinski definition) is 1. The molecule has 0 aromatic heterocycles. The Morgan fingerprint density at radius 2 is 1.62 bits per heavy atom. The van der Waals surface area contributed by atoms with E-state index in [1.165, 1.54) is 12.1 Å². The first kappa shape index (κ1) is 14.5. The van der Waals surface area contributed by atoms with Crippen LogP contribution in [0.4, 0.5) is 10.1 Å². The lowest BCUT2D eigenvalue weighted by Crippen LogP contribution is -1.86. The number of halogens is 1. The van der Waals surface area contributed by atoms with E-state index in [1.807, 2.05) is 33.8 Å². The highest BCUT2D eigenvalue weighted by Crippen LogP contribution is 2.06. The van der Waals surface area contributed by atoms with Gasteiger partial charge >= 0.3 is 0 Å². The molecular formula is C11H20FN. The van der Waals surface area contributed by atoms with Gasteiger partial charge in [0.25, 0.3) is 0 Å². The van der Waals surface area contributed by atoms with Crippen LogP contribution >= 0.6 is 0 Å². The molecule has 0 saturated heterocycles. The Bertz CT molecular complexity index is 199. The quantitative estimate of drug-likeness (QED) is 0.699. The molecule has 1 N–H and O–H groups in total. The van der Waals surface area contributed by atoms with Crippen molar-refractivity contribution in [3.63, 3.8) is 0 Å². The molecule has 0 atom stereocenters. The lowest BCUT2D eigenvalue weighted by atomic mass is 10.3. The Kier molecular flexibility index (Phi) is 12.2. The summed E-state index contributed by atoms with van der Waals surface area (Å²) in [5.41, 5.74) is 0.801.